The molecule has 3 N–H and O–H groups in total. The number of aryl methyl sites for hydroxylation is 1. The molecule has 2 fully saturated rings. The van der Waals surface area contributed by atoms with E-state index in [2.05, 4.69) is 31.8 Å². The summed E-state index contributed by atoms with van der Waals surface area (Å²) >= 11 is 6.24. The minimum Gasteiger partial charge on any atom is -0.351 e. The van der Waals surface area contributed by atoms with Crippen LogP contribution in [0.4, 0.5) is 17.6 Å². The van der Waals surface area contributed by atoms with E-state index in [9.17, 15) is 0 Å². The summed E-state index contributed by atoms with van der Waals surface area (Å²) in [5.74, 6) is 1.99. The highest BCUT2D eigenvalue weighted by molar-refractivity contribution is 6.31. The highest BCUT2D eigenvalue weighted by atomic mass is 35.5. The second kappa shape index (κ2) is 8.33. The van der Waals surface area contributed by atoms with Gasteiger partial charge < -0.3 is 10.6 Å². The second-order valence-corrected chi connectivity index (χ2v) is 8.90. The Labute approximate surface area is 186 Å². The third-order valence-corrected chi connectivity index (χ3v) is 6.54. The maximum atomic E-state index is 8.95. The molecule has 2 aromatic heterocycles. The number of halogens is 1. The summed E-state index contributed by atoms with van der Waals surface area (Å²) in [7, 11) is 0. The van der Waals surface area contributed by atoms with Crippen LogP contribution in [-0.2, 0) is 0 Å². The molecule has 9 heteroatoms. The zero-order chi connectivity index (χ0) is 21.4. The molecule has 5 rings (SSSR count). The molecular formula is C22H25ClN8. The molecule has 2 saturated heterocycles. The van der Waals surface area contributed by atoms with Gasteiger partial charge in [0.2, 0.25) is 5.95 Å². The van der Waals surface area contributed by atoms with Crippen LogP contribution in [0.3, 0.4) is 0 Å². The summed E-state index contributed by atoms with van der Waals surface area (Å²) < 4.78 is 0. The summed E-state index contributed by atoms with van der Waals surface area (Å²) in [6.07, 6.45) is 5.10. The van der Waals surface area contributed by atoms with Crippen LogP contribution < -0.4 is 10.6 Å². The zero-order valence-corrected chi connectivity index (χ0v) is 18.2. The van der Waals surface area contributed by atoms with Crippen LogP contribution in [0.5, 0.6) is 0 Å². The molecule has 0 aliphatic carbocycles. The van der Waals surface area contributed by atoms with E-state index in [0.717, 1.165) is 36.0 Å². The molecule has 2 aliphatic rings. The van der Waals surface area contributed by atoms with Gasteiger partial charge in [0.1, 0.15) is 5.82 Å². The topological polar surface area (TPSA) is 106 Å². The van der Waals surface area contributed by atoms with Crippen LogP contribution in [0, 0.1) is 18.3 Å². The Morgan fingerprint density at radius 2 is 2.03 bits per heavy atom. The second-order valence-electron chi connectivity index (χ2n) is 8.46. The zero-order valence-electron chi connectivity index (χ0n) is 17.4. The minimum atomic E-state index is 0.320. The third kappa shape index (κ3) is 4.16. The van der Waals surface area contributed by atoms with E-state index in [1.807, 2.05) is 31.2 Å². The number of nitrogens with one attached hydrogen (secondary N) is 3. The van der Waals surface area contributed by atoms with Crippen molar-refractivity contribution in [3.63, 3.8) is 0 Å². The van der Waals surface area contributed by atoms with Crippen molar-refractivity contribution in [2.24, 2.45) is 0 Å². The van der Waals surface area contributed by atoms with E-state index in [1.165, 1.54) is 12.8 Å². The van der Waals surface area contributed by atoms with Gasteiger partial charge in [-0.2, -0.15) is 15.3 Å². The standard InChI is InChI=1S/C22H25ClN8/c1-13-9-20(30-29-13)27-21-18-10-14(23)3-6-19(18)26-22(28-21)25-15-11-16-4-5-17(12-15)31(16)8-2-7-24/h3,6,9-10,15-17H,2,4-5,8,11-12H2,1H3,(H3,25,26,27,28,29,30). The average Bonchev–Trinajstić information content (AvgIpc) is 3.26. The van der Waals surface area contributed by atoms with Gasteiger partial charge in [-0.1, -0.05) is 11.6 Å². The van der Waals surface area contributed by atoms with Crippen LogP contribution in [0.1, 0.15) is 37.8 Å². The summed E-state index contributed by atoms with van der Waals surface area (Å²) in [5.41, 5.74) is 1.79. The molecule has 1 aromatic carbocycles. The number of anilines is 3. The Balaban J connectivity index is 1.39. The van der Waals surface area contributed by atoms with E-state index in [-0.39, 0.29) is 0 Å². The average molecular weight is 437 g/mol. The number of nitriles is 1. The Hall–Kier alpha value is -2.89. The van der Waals surface area contributed by atoms with E-state index in [0.29, 0.717) is 47.2 Å². The summed E-state index contributed by atoms with van der Waals surface area (Å²) in [6, 6.07) is 11.2. The smallest absolute Gasteiger partial charge is 0.225 e. The lowest BCUT2D eigenvalue weighted by atomic mass is 9.97. The highest BCUT2D eigenvalue weighted by Crippen LogP contribution is 2.37. The molecule has 2 aliphatic heterocycles. The van der Waals surface area contributed by atoms with Gasteiger partial charge in [0.15, 0.2) is 5.82 Å². The van der Waals surface area contributed by atoms with Gasteiger partial charge in [-0.3, -0.25) is 10.00 Å². The number of rotatable bonds is 6. The van der Waals surface area contributed by atoms with Crippen molar-refractivity contribution < 1.29 is 0 Å². The first kappa shape index (κ1) is 20.0. The molecule has 4 heterocycles. The number of benzene rings is 1. The Morgan fingerprint density at radius 3 is 2.74 bits per heavy atom. The number of nitrogens with zero attached hydrogens (tertiary/aromatic N) is 5. The van der Waals surface area contributed by atoms with E-state index in [4.69, 9.17) is 26.8 Å². The maximum Gasteiger partial charge on any atom is 0.225 e. The van der Waals surface area contributed by atoms with Gasteiger partial charge in [0.05, 0.1) is 11.6 Å². The van der Waals surface area contributed by atoms with E-state index >= 15 is 0 Å². The van der Waals surface area contributed by atoms with Gasteiger partial charge in [0, 0.05) is 53.3 Å². The third-order valence-electron chi connectivity index (χ3n) is 6.31. The van der Waals surface area contributed by atoms with Crippen LogP contribution >= 0.6 is 11.6 Å². The number of aromatic amines is 1. The minimum absolute atomic E-state index is 0.320. The number of aromatic nitrogens is 4. The molecule has 2 unspecified atom stereocenters. The van der Waals surface area contributed by atoms with Gasteiger partial charge in [-0.25, -0.2) is 4.98 Å². The number of hydrogen-bond acceptors (Lipinski definition) is 7. The van der Waals surface area contributed by atoms with Gasteiger partial charge >= 0.3 is 0 Å². The number of hydrogen-bond donors (Lipinski definition) is 3. The predicted molar refractivity (Wildman–Crippen MR) is 122 cm³/mol. The Kier molecular flexibility index (Phi) is 5.38. The Morgan fingerprint density at radius 1 is 1.23 bits per heavy atom. The molecule has 2 bridgehead atoms. The maximum absolute atomic E-state index is 8.95. The fraction of sp³-hybridized carbons (Fsp3) is 0.455. The van der Waals surface area contributed by atoms with Crippen LogP contribution in [-0.4, -0.2) is 49.7 Å². The molecule has 0 amide bonds. The molecule has 31 heavy (non-hydrogen) atoms. The quantitative estimate of drug-likeness (QED) is 0.526. The summed E-state index contributed by atoms with van der Waals surface area (Å²) in [5, 5.41) is 24.5. The lowest BCUT2D eigenvalue weighted by Gasteiger charge is -2.38. The summed E-state index contributed by atoms with van der Waals surface area (Å²) in [6.45, 7) is 2.83. The van der Waals surface area contributed by atoms with Crippen molar-refractivity contribution in [2.45, 2.75) is 57.2 Å². The first-order valence-electron chi connectivity index (χ1n) is 10.7. The lowest BCUT2D eigenvalue weighted by molar-refractivity contribution is 0.135. The number of H-pyrrole nitrogens is 1. The molecule has 160 valence electrons. The van der Waals surface area contributed by atoms with Crippen LogP contribution in [0.15, 0.2) is 24.3 Å². The SMILES string of the molecule is Cc1cc(Nc2nc(NC3CC4CCC(C3)N4CCC#N)nc3ccc(Cl)cc23)n[nH]1. The van der Waals surface area contributed by atoms with Crippen molar-refractivity contribution in [1.82, 2.24) is 25.1 Å². The monoisotopic (exact) mass is 436 g/mol. The first-order chi connectivity index (χ1) is 15.1. The highest BCUT2D eigenvalue weighted by Gasteiger charge is 2.40. The normalized spacial score (nSPS) is 23.1. The van der Waals surface area contributed by atoms with Crippen LogP contribution in [0.2, 0.25) is 5.02 Å². The number of piperidine rings is 1. The van der Waals surface area contributed by atoms with Crippen LogP contribution in [0.25, 0.3) is 10.9 Å². The van der Waals surface area contributed by atoms with Crippen molar-refractivity contribution >= 4 is 40.1 Å². The predicted octanol–water partition coefficient (Wildman–Crippen LogP) is 4.38. The van der Waals surface area contributed by atoms with Gasteiger partial charge in [-0.05, 0) is 50.8 Å². The molecule has 0 radical (unpaired) electrons. The first-order valence-corrected chi connectivity index (χ1v) is 11.1. The largest absolute Gasteiger partial charge is 0.351 e. The lowest BCUT2D eigenvalue weighted by Crippen LogP contribution is -2.47. The van der Waals surface area contributed by atoms with Crippen molar-refractivity contribution in [2.75, 3.05) is 17.2 Å². The summed E-state index contributed by atoms with van der Waals surface area (Å²) in [4.78, 5) is 12.1. The fourth-order valence-corrected chi connectivity index (χ4v) is 5.15. The molecule has 2 atom stereocenters. The van der Waals surface area contributed by atoms with Crippen molar-refractivity contribution in [1.29, 1.82) is 5.26 Å². The van der Waals surface area contributed by atoms with Gasteiger partial charge in [0.25, 0.3) is 0 Å². The molecule has 8 nitrogen and oxygen atoms in total. The number of fused-ring (bicyclic) bond motifs is 3. The van der Waals surface area contributed by atoms with E-state index in [1.54, 1.807) is 0 Å². The fourth-order valence-electron chi connectivity index (χ4n) is 4.98. The van der Waals surface area contributed by atoms with E-state index < -0.39 is 0 Å². The van der Waals surface area contributed by atoms with Crippen molar-refractivity contribution in [3.8, 4) is 6.07 Å². The molecule has 3 aromatic rings. The Bertz CT molecular complexity index is 1120. The molecular weight excluding hydrogens is 412 g/mol. The molecule has 0 saturated carbocycles. The molecule has 0 spiro atoms. The van der Waals surface area contributed by atoms with Crippen molar-refractivity contribution in [3.05, 3.63) is 35.0 Å². The van der Waals surface area contributed by atoms with Gasteiger partial charge in [-0.15, -0.1) is 0 Å².